The van der Waals surface area contributed by atoms with Crippen LogP contribution < -0.4 is 10.6 Å². The number of aliphatic carboxylic acids is 1. The van der Waals surface area contributed by atoms with Crippen molar-refractivity contribution in [3.63, 3.8) is 0 Å². The number of halogens is 3. The number of piperidine rings is 1. The number of ether oxygens (including phenoxy) is 1. The number of alkyl halides is 3. The third kappa shape index (κ3) is 5.87. The van der Waals surface area contributed by atoms with E-state index in [-0.39, 0.29) is 18.0 Å². The van der Waals surface area contributed by atoms with Gasteiger partial charge in [-0.05, 0) is 13.8 Å². The summed E-state index contributed by atoms with van der Waals surface area (Å²) in [5.41, 5.74) is -0.604. The zero-order chi connectivity index (χ0) is 23.4. The number of nitrogens with one attached hydrogen (secondary N) is 2. The van der Waals surface area contributed by atoms with E-state index in [1.54, 1.807) is 18.1 Å². The van der Waals surface area contributed by atoms with E-state index in [9.17, 15) is 22.8 Å². The molecule has 31 heavy (non-hydrogen) atoms. The van der Waals surface area contributed by atoms with Gasteiger partial charge in [0.15, 0.2) is 6.10 Å². The van der Waals surface area contributed by atoms with Crippen molar-refractivity contribution in [1.29, 1.82) is 0 Å². The molecule has 3 heterocycles. The number of likely N-dealkylation sites (tertiary alicyclic amines) is 1. The smallest absolute Gasteiger partial charge is 0.475 e. The molecule has 1 atom stereocenters. The summed E-state index contributed by atoms with van der Waals surface area (Å²) >= 11 is 0. The standard InChI is InChI=1S/C16H25N5O3.C2HF3O2/c1-11(2)19-15(23)20-7-4-16(5-8-20)14-18-6-9-21(14)10-12(24-16)13(22)17-3;3-2(4,5)1(6)7/h6,9,11-12H,4-5,7-8,10H2,1-3H3,(H,17,22)(H,19,23);(H,6,7). The Labute approximate surface area is 176 Å². The van der Waals surface area contributed by atoms with Crippen LogP contribution in [0, 0.1) is 0 Å². The predicted octanol–water partition coefficient (Wildman–Crippen LogP) is 1.07. The Morgan fingerprint density at radius 3 is 2.35 bits per heavy atom. The van der Waals surface area contributed by atoms with Gasteiger partial charge in [0.05, 0.1) is 6.54 Å². The molecule has 13 heteroatoms. The average Bonchev–Trinajstić information content (AvgIpc) is 3.16. The lowest BCUT2D eigenvalue weighted by atomic mass is 9.88. The van der Waals surface area contributed by atoms with Gasteiger partial charge in [-0.25, -0.2) is 14.6 Å². The highest BCUT2D eigenvalue weighted by molar-refractivity contribution is 5.80. The lowest BCUT2D eigenvalue weighted by Gasteiger charge is -2.45. The molecule has 0 radical (unpaired) electrons. The number of hydrogen-bond acceptors (Lipinski definition) is 5. The molecule has 0 aliphatic carbocycles. The fraction of sp³-hybridized carbons (Fsp3) is 0.667. The van der Waals surface area contributed by atoms with Crippen LogP contribution in [-0.2, 0) is 26.5 Å². The van der Waals surface area contributed by atoms with Crippen molar-refractivity contribution in [1.82, 2.24) is 25.1 Å². The number of rotatable bonds is 2. The Kier molecular flexibility index (Phi) is 7.52. The highest BCUT2D eigenvalue weighted by atomic mass is 19.4. The summed E-state index contributed by atoms with van der Waals surface area (Å²) in [5.74, 6) is -2.03. The van der Waals surface area contributed by atoms with Gasteiger partial charge in [0.2, 0.25) is 0 Å². The summed E-state index contributed by atoms with van der Waals surface area (Å²) in [5, 5.41) is 12.7. The van der Waals surface area contributed by atoms with Crippen LogP contribution in [-0.4, -0.2) is 75.9 Å². The quantitative estimate of drug-likeness (QED) is 0.620. The first-order valence-corrected chi connectivity index (χ1v) is 9.66. The molecule has 0 bridgehead atoms. The fourth-order valence-electron chi connectivity index (χ4n) is 3.44. The molecule has 1 spiro atoms. The number of urea groups is 1. The van der Waals surface area contributed by atoms with Crippen molar-refractivity contribution >= 4 is 17.9 Å². The molecule has 1 saturated heterocycles. The van der Waals surface area contributed by atoms with Crippen LogP contribution >= 0.6 is 0 Å². The van der Waals surface area contributed by atoms with Crippen molar-refractivity contribution in [2.24, 2.45) is 0 Å². The number of nitrogens with zero attached hydrogens (tertiary/aromatic N) is 3. The molecule has 3 rings (SSSR count). The van der Waals surface area contributed by atoms with Crippen LogP contribution in [0.1, 0.15) is 32.5 Å². The molecule has 1 fully saturated rings. The van der Waals surface area contributed by atoms with Gasteiger partial charge in [0.25, 0.3) is 5.91 Å². The predicted molar refractivity (Wildman–Crippen MR) is 101 cm³/mol. The Bertz CT molecular complexity index is 803. The summed E-state index contributed by atoms with van der Waals surface area (Å²) in [6, 6.07) is 0.0534. The van der Waals surface area contributed by atoms with Gasteiger partial charge in [0.1, 0.15) is 11.4 Å². The molecule has 10 nitrogen and oxygen atoms in total. The Morgan fingerprint density at radius 2 is 1.87 bits per heavy atom. The van der Waals surface area contributed by atoms with Gasteiger partial charge in [-0.1, -0.05) is 0 Å². The maximum absolute atomic E-state index is 12.2. The Balaban J connectivity index is 0.000000423. The Morgan fingerprint density at radius 1 is 1.29 bits per heavy atom. The van der Waals surface area contributed by atoms with Crippen molar-refractivity contribution in [2.75, 3.05) is 20.1 Å². The molecule has 174 valence electrons. The maximum Gasteiger partial charge on any atom is 0.490 e. The van der Waals surface area contributed by atoms with Crippen LogP contribution in [0.3, 0.4) is 0 Å². The number of hydrogen-bond donors (Lipinski definition) is 3. The molecular formula is C18H26F3N5O5. The largest absolute Gasteiger partial charge is 0.490 e. The number of carboxylic acids is 1. The number of amides is 3. The van der Waals surface area contributed by atoms with E-state index in [4.69, 9.17) is 14.6 Å². The second-order valence-electron chi connectivity index (χ2n) is 7.51. The van der Waals surface area contributed by atoms with Crippen LogP contribution in [0.15, 0.2) is 12.4 Å². The van der Waals surface area contributed by atoms with E-state index >= 15 is 0 Å². The molecule has 1 aromatic rings. The topological polar surface area (TPSA) is 126 Å². The molecule has 1 unspecified atom stereocenters. The SMILES string of the molecule is CNC(=O)C1Cn2ccnc2C2(CCN(C(=O)NC(C)C)CC2)O1.O=C(O)C(F)(F)F. The minimum absolute atomic E-state index is 0.0538. The van der Waals surface area contributed by atoms with Crippen LogP contribution in [0.2, 0.25) is 0 Å². The van der Waals surface area contributed by atoms with Gasteiger partial charge >= 0.3 is 18.2 Å². The summed E-state index contributed by atoms with van der Waals surface area (Å²) in [4.78, 5) is 39.4. The van der Waals surface area contributed by atoms with Crippen LogP contribution in [0.5, 0.6) is 0 Å². The van der Waals surface area contributed by atoms with E-state index in [0.717, 1.165) is 5.82 Å². The van der Waals surface area contributed by atoms with E-state index in [1.807, 2.05) is 24.6 Å². The highest BCUT2D eigenvalue weighted by Gasteiger charge is 2.47. The number of carbonyl (C=O) groups is 3. The molecule has 1 aromatic heterocycles. The van der Waals surface area contributed by atoms with Crippen molar-refractivity contribution in [3.05, 3.63) is 18.2 Å². The summed E-state index contributed by atoms with van der Waals surface area (Å²) in [7, 11) is 1.61. The normalized spacial score (nSPS) is 19.8. The summed E-state index contributed by atoms with van der Waals surface area (Å²) in [6.07, 6.45) is -0.739. The van der Waals surface area contributed by atoms with Crippen molar-refractivity contribution in [2.45, 2.75) is 57.2 Å². The molecular weight excluding hydrogens is 423 g/mol. The van der Waals surface area contributed by atoms with Gasteiger partial charge in [-0.15, -0.1) is 0 Å². The molecule has 2 aliphatic rings. The average molecular weight is 449 g/mol. The molecule has 3 N–H and O–H groups in total. The van der Waals surface area contributed by atoms with E-state index in [1.165, 1.54) is 0 Å². The van der Waals surface area contributed by atoms with Crippen molar-refractivity contribution < 1.29 is 37.4 Å². The zero-order valence-electron chi connectivity index (χ0n) is 17.4. The first-order valence-electron chi connectivity index (χ1n) is 9.66. The van der Waals surface area contributed by atoms with Crippen LogP contribution in [0.4, 0.5) is 18.0 Å². The van der Waals surface area contributed by atoms with E-state index < -0.39 is 23.9 Å². The minimum atomic E-state index is -5.08. The van der Waals surface area contributed by atoms with Gasteiger partial charge < -0.3 is 29.9 Å². The number of carbonyl (C=O) groups excluding carboxylic acids is 2. The number of likely N-dealkylation sites (N-methyl/N-ethyl adjacent to an activating group) is 1. The summed E-state index contributed by atoms with van der Waals surface area (Å²) in [6.45, 7) is 5.50. The monoisotopic (exact) mass is 449 g/mol. The fourth-order valence-corrected chi connectivity index (χ4v) is 3.44. The van der Waals surface area contributed by atoms with E-state index in [2.05, 4.69) is 15.6 Å². The van der Waals surface area contributed by atoms with Gasteiger partial charge in [0, 0.05) is 51.4 Å². The third-order valence-electron chi connectivity index (χ3n) is 4.91. The second-order valence-corrected chi connectivity index (χ2v) is 7.51. The number of imidazole rings is 1. The zero-order valence-corrected chi connectivity index (χ0v) is 17.4. The Hall–Kier alpha value is -2.83. The second kappa shape index (κ2) is 9.54. The van der Waals surface area contributed by atoms with Crippen molar-refractivity contribution in [3.8, 4) is 0 Å². The maximum atomic E-state index is 12.2. The van der Waals surface area contributed by atoms with Gasteiger partial charge in [-0.2, -0.15) is 13.2 Å². The number of aromatic nitrogens is 2. The molecule has 2 aliphatic heterocycles. The third-order valence-corrected chi connectivity index (χ3v) is 4.91. The highest BCUT2D eigenvalue weighted by Crippen LogP contribution is 2.40. The first-order chi connectivity index (χ1) is 14.4. The van der Waals surface area contributed by atoms with Gasteiger partial charge in [-0.3, -0.25) is 4.79 Å². The molecule has 0 aromatic carbocycles. The molecule has 0 saturated carbocycles. The first kappa shape index (κ1) is 24.4. The summed E-state index contributed by atoms with van der Waals surface area (Å²) < 4.78 is 39.9. The minimum Gasteiger partial charge on any atom is -0.475 e. The number of carboxylic acid groups (broad SMARTS) is 1. The lowest BCUT2D eigenvalue weighted by molar-refractivity contribution is -0.192. The lowest BCUT2D eigenvalue weighted by Crippen LogP contribution is -2.56. The van der Waals surface area contributed by atoms with E-state index in [0.29, 0.717) is 32.5 Å². The van der Waals surface area contributed by atoms with Crippen LogP contribution in [0.25, 0.3) is 0 Å². The molecule has 3 amide bonds. The number of fused-ring (bicyclic) bond motifs is 2.